The fourth-order valence-corrected chi connectivity index (χ4v) is 2.87. The van der Waals surface area contributed by atoms with Crippen molar-refractivity contribution >= 4 is 27.9 Å². The second-order valence-corrected chi connectivity index (χ2v) is 7.72. The lowest BCUT2D eigenvalue weighted by atomic mass is 10.3. The average molecular weight is 543 g/mol. The minimum absolute atomic E-state index is 0.321. The second-order valence-electron chi connectivity index (χ2n) is 6.80. The molecule has 4 aromatic heterocycles. The van der Waals surface area contributed by atoms with Gasteiger partial charge in [-0.2, -0.15) is 10.2 Å². The van der Waals surface area contributed by atoms with Crippen molar-refractivity contribution in [3.63, 3.8) is 0 Å². The number of hydrogen-bond acceptors (Lipinski definition) is 8. The highest BCUT2D eigenvalue weighted by molar-refractivity contribution is 9.10. The van der Waals surface area contributed by atoms with Gasteiger partial charge in [-0.05, 0) is 67.9 Å². The summed E-state index contributed by atoms with van der Waals surface area (Å²) in [4.78, 5) is 30.5. The predicted octanol–water partition coefficient (Wildman–Crippen LogP) is 4.49. The third-order valence-electron chi connectivity index (χ3n) is 4.26. The maximum Gasteiger partial charge on any atom is 0.341 e. The fraction of sp³-hybridized carbons (Fsp3) is 0.250. The van der Waals surface area contributed by atoms with E-state index >= 15 is 0 Å². The average Bonchev–Trinajstić information content (AvgIpc) is 3.47. The van der Waals surface area contributed by atoms with Crippen molar-refractivity contribution in [1.82, 2.24) is 29.9 Å². The van der Waals surface area contributed by atoms with Crippen LogP contribution in [0.2, 0.25) is 0 Å². The summed E-state index contributed by atoms with van der Waals surface area (Å²) >= 11 is 3.25. The molecule has 0 bridgehead atoms. The SMILES string of the molecule is Brc1cccnc1.CCOC(=O)c1cn(-c2cccnc2)nc1C.CCOC(=O)c1cn[nH]c1C. The van der Waals surface area contributed by atoms with E-state index in [0.717, 1.165) is 15.9 Å². The molecule has 4 aromatic rings. The van der Waals surface area contributed by atoms with Crippen molar-refractivity contribution < 1.29 is 19.1 Å². The summed E-state index contributed by atoms with van der Waals surface area (Å²) in [6.45, 7) is 7.85. The molecule has 35 heavy (non-hydrogen) atoms. The fourth-order valence-electron chi connectivity index (χ4n) is 2.60. The van der Waals surface area contributed by atoms with Crippen LogP contribution >= 0.6 is 15.9 Å². The number of nitrogens with one attached hydrogen (secondary N) is 1. The molecule has 0 aromatic carbocycles. The van der Waals surface area contributed by atoms with Gasteiger partial charge in [0.1, 0.15) is 11.1 Å². The van der Waals surface area contributed by atoms with Gasteiger partial charge in [0.2, 0.25) is 0 Å². The number of carbonyl (C=O) groups excluding carboxylic acids is 2. The summed E-state index contributed by atoms with van der Waals surface area (Å²) in [7, 11) is 0. The Morgan fingerprint density at radius 1 is 0.943 bits per heavy atom. The van der Waals surface area contributed by atoms with Gasteiger partial charge in [-0.25, -0.2) is 14.3 Å². The van der Waals surface area contributed by atoms with Crippen molar-refractivity contribution in [1.29, 1.82) is 0 Å². The lowest BCUT2D eigenvalue weighted by molar-refractivity contribution is 0.0516. The predicted molar refractivity (Wildman–Crippen MR) is 133 cm³/mol. The molecule has 4 heterocycles. The first-order chi connectivity index (χ1) is 16.9. The number of rotatable bonds is 5. The number of esters is 2. The number of hydrogen-bond donors (Lipinski definition) is 1. The Kier molecular flexibility index (Phi) is 11.3. The van der Waals surface area contributed by atoms with Crippen LogP contribution < -0.4 is 0 Å². The summed E-state index contributed by atoms with van der Waals surface area (Å²) in [6.07, 6.45) is 9.98. The van der Waals surface area contributed by atoms with Gasteiger partial charge in [0.25, 0.3) is 0 Å². The molecule has 0 radical (unpaired) electrons. The Morgan fingerprint density at radius 3 is 2.03 bits per heavy atom. The monoisotopic (exact) mass is 542 g/mol. The lowest BCUT2D eigenvalue weighted by Crippen LogP contribution is -2.04. The third-order valence-corrected chi connectivity index (χ3v) is 4.72. The maximum atomic E-state index is 11.6. The maximum absolute atomic E-state index is 11.6. The number of pyridine rings is 2. The summed E-state index contributed by atoms with van der Waals surface area (Å²) < 4.78 is 12.4. The molecule has 0 fully saturated rings. The molecule has 11 heteroatoms. The molecular formula is C24H27BrN6O4. The zero-order valence-corrected chi connectivity index (χ0v) is 21.5. The van der Waals surface area contributed by atoms with Crippen molar-refractivity contribution in [3.8, 4) is 5.69 Å². The summed E-state index contributed by atoms with van der Waals surface area (Å²) in [6, 6.07) is 7.50. The molecular weight excluding hydrogens is 516 g/mol. The van der Waals surface area contributed by atoms with Crippen molar-refractivity contribution in [2.45, 2.75) is 27.7 Å². The van der Waals surface area contributed by atoms with Crippen LogP contribution in [-0.4, -0.2) is 55.1 Å². The Hall–Kier alpha value is -3.86. The van der Waals surface area contributed by atoms with Gasteiger partial charge in [0.05, 0.1) is 37.0 Å². The normalized spacial score (nSPS) is 9.74. The van der Waals surface area contributed by atoms with Crippen LogP contribution in [0.1, 0.15) is 46.0 Å². The van der Waals surface area contributed by atoms with Gasteiger partial charge in [-0.1, -0.05) is 0 Å². The van der Waals surface area contributed by atoms with Gasteiger partial charge >= 0.3 is 11.9 Å². The van der Waals surface area contributed by atoms with Crippen molar-refractivity contribution in [2.24, 2.45) is 0 Å². The van der Waals surface area contributed by atoms with Crippen LogP contribution in [0.5, 0.6) is 0 Å². The van der Waals surface area contributed by atoms with Gasteiger partial charge in [0.15, 0.2) is 0 Å². The van der Waals surface area contributed by atoms with Crippen LogP contribution in [0.25, 0.3) is 5.69 Å². The van der Waals surface area contributed by atoms with Gasteiger partial charge in [-0.15, -0.1) is 0 Å². The number of carbonyl (C=O) groups is 2. The number of nitrogens with zero attached hydrogens (tertiary/aromatic N) is 5. The van der Waals surface area contributed by atoms with Gasteiger partial charge < -0.3 is 9.47 Å². The molecule has 0 aliphatic carbocycles. The van der Waals surface area contributed by atoms with Crippen LogP contribution in [0, 0.1) is 13.8 Å². The van der Waals surface area contributed by atoms with E-state index in [1.165, 1.54) is 6.20 Å². The molecule has 0 unspecified atom stereocenters. The van der Waals surface area contributed by atoms with E-state index in [1.54, 1.807) is 63.4 Å². The van der Waals surface area contributed by atoms with E-state index < -0.39 is 0 Å². The molecule has 0 aliphatic heterocycles. The second kappa shape index (κ2) is 14.4. The van der Waals surface area contributed by atoms with E-state index in [9.17, 15) is 9.59 Å². The number of aromatic amines is 1. The molecule has 4 rings (SSSR count). The minimum Gasteiger partial charge on any atom is -0.462 e. The number of ether oxygens (including phenoxy) is 2. The van der Waals surface area contributed by atoms with E-state index in [1.807, 2.05) is 24.3 Å². The number of aromatic nitrogens is 6. The highest BCUT2D eigenvalue weighted by Gasteiger charge is 2.15. The highest BCUT2D eigenvalue weighted by Crippen LogP contribution is 2.12. The first kappa shape index (κ1) is 27.4. The minimum atomic E-state index is -0.347. The summed E-state index contributed by atoms with van der Waals surface area (Å²) in [5.41, 5.74) is 3.18. The molecule has 0 saturated heterocycles. The quantitative estimate of drug-likeness (QED) is 0.365. The largest absolute Gasteiger partial charge is 0.462 e. The lowest BCUT2D eigenvalue weighted by Gasteiger charge is -1.99. The molecule has 1 N–H and O–H groups in total. The number of aryl methyl sites for hydroxylation is 2. The zero-order valence-electron chi connectivity index (χ0n) is 19.9. The van der Waals surface area contributed by atoms with Crippen LogP contribution in [0.3, 0.4) is 0 Å². The van der Waals surface area contributed by atoms with Crippen molar-refractivity contribution in [3.05, 3.63) is 88.4 Å². The topological polar surface area (TPSA) is 125 Å². The molecule has 0 saturated carbocycles. The summed E-state index contributed by atoms with van der Waals surface area (Å²) in [5.74, 6) is -0.668. The Balaban J connectivity index is 0.000000205. The van der Waals surface area contributed by atoms with E-state index in [2.05, 4.69) is 41.2 Å². The smallest absolute Gasteiger partial charge is 0.341 e. The van der Waals surface area contributed by atoms with Crippen molar-refractivity contribution in [2.75, 3.05) is 13.2 Å². The number of H-pyrrole nitrogens is 1. The molecule has 0 aliphatic rings. The summed E-state index contributed by atoms with van der Waals surface area (Å²) in [5, 5.41) is 10.6. The molecule has 184 valence electrons. The molecule has 0 spiro atoms. The Bertz CT molecular complexity index is 1200. The molecule has 0 atom stereocenters. The van der Waals surface area contributed by atoms with Crippen LogP contribution in [0.4, 0.5) is 0 Å². The Morgan fingerprint density at radius 2 is 1.57 bits per heavy atom. The molecule has 10 nitrogen and oxygen atoms in total. The standard InChI is InChI=1S/C12H13N3O2.C7H10N2O2.C5H4BrN/c1-3-17-12(16)11-8-15(14-9(11)2)10-5-4-6-13-7-10;1-3-11-7(10)6-4-8-9-5(6)2;6-5-2-1-3-7-4-5/h4-8H,3H2,1-2H3;4H,3H2,1-2H3,(H,8,9);1-4H. The molecule has 0 amide bonds. The first-order valence-electron chi connectivity index (χ1n) is 10.7. The highest BCUT2D eigenvalue weighted by atomic mass is 79.9. The zero-order chi connectivity index (χ0) is 25.6. The Labute approximate surface area is 211 Å². The van der Waals surface area contributed by atoms with Crippen LogP contribution in [-0.2, 0) is 9.47 Å². The van der Waals surface area contributed by atoms with Gasteiger partial charge in [0, 0.05) is 35.0 Å². The third kappa shape index (κ3) is 8.78. The van der Waals surface area contributed by atoms with Gasteiger partial charge in [-0.3, -0.25) is 15.1 Å². The van der Waals surface area contributed by atoms with E-state index in [-0.39, 0.29) is 11.9 Å². The number of halogens is 1. The van der Waals surface area contributed by atoms with E-state index in [0.29, 0.717) is 30.0 Å². The first-order valence-corrected chi connectivity index (χ1v) is 11.5. The van der Waals surface area contributed by atoms with Crippen LogP contribution in [0.15, 0.2) is 65.9 Å². The van der Waals surface area contributed by atoms with E-state index in [4.69, 9.17) is 9.47 Å².